The minimum atomic E-state index is -0.271. The van der Waals surface area contributed by atoms with Crippen molar-refractivity contribution in [1.29, 1.82) is 0 Å². The van der Waals surface area contributed by atoms with Gasteiger partial charge in [-0.3, -0.25) is 9.59 Å². The molecule has 6 heteroatoms. The Morgan fingerprint density at radius 1 is 1.35 bits per heavy atom. The van der Waals surface area contributed by atoms with E-state index in [1.165, 1.54) is 13.0 Å². The maximum atomic E-state index is 11.5. The second-order valence-electron chi connectivity index (χ2n) is 4.19. The van der Waals surface area contributed by atoms with Gasteiger partial charge < -0.3 is 15.0 Å². The van der Waals surface area contributed by atoms with Gasteiger partial charge in [0.2, 0.25) is 5.91 Å². The Morgan fingerprint density at radius 3 is 2.80 bits per heavy atom. The van der Waals surface area contributed by atoms with Crippen LogP contribution in [0.5, 0.6) is 5.75 Å². The molecule has 6 nitrogen and oxygen atoms in total. The summed E-state index contributed by atoms with van der Waals surface area (Å²) in [7, 11) is 0. The number of benzene rings is 1. The molecule has 0 atom stereocenters. The van der Waals surface area contributed by atoms with Crippen molar-refractivity contribution in [2.24, 2.45) is 0 Å². The van der Waals surface area contributed by atoms with E-state index in [0.29, 0.717) is 17.3 Å². The number of carbonyl (C=O) groups is 1. The lowest BCUT2D eigenvalue weighted by atomic mass is 10.3. The fourth-order valence-electron chi connectivity index (χ4n) is 1.61. The van der Waals surface area contributed by atoms with Crippen LogP contribution in [0.4, 0.5) is 0 Å². The van der Waals surface area contributed by atoms with Crippen molar-refractivity contribution < 1.29 is 9.53 Å². The molecular weight excluding hydrogens is 258 g/mol. The lowest BCUT2D eigenvalue weighted by molar-refractivity contribution is -0.119. The van der Waals surface area contributed by atoms with Crippen molar-refractivity contribution in [3.63, 3.8) is 0 Å². The van der Waals surface area contributed by atoms with Crippen molar-refractivity contribution in [1.82, 2.24) is 15.3 Å². The molecule has 1 aromatic carbocycles. The van der Waals surface area contributed by atoms with Crippen molar-refractivity contribution in [2.75, 3.05) is 0 Å². The van der Waals surface area contributed by atoms with Crippen LogP contribution < -0.4 is 15.6 Å². The van der Waals surface area contributed by atoms with Crippen LogP contribution in [0.25, 0.3) is 0 Å². The standard InChI is InChI=1S/C14H15N3O3/c1-10(18)15-8-11-7-14(19)17-13(16-11)9-20-12-5-3-2-4-6-12/h2-7H,8-9H2,1H3,(H,15,18)(H,16,17,19). The minimum Gasteiger partial charge on any atom is -0.486 e. The average molecular weight is 273 g/mol. The zero-order valence-corrected chi connectivity index (χ0v) is 11.1. The van der Waals surface area contributed by atoms with Gasteiger partial charge in [-0.15, -0.1) is 0 Å². The summed E-state index contributed by atoms with van der Waals surface area (Å²) in [5.74, 6) is 0.943. The SMILES string of the molecule is CC(=O)NCc1cc(=O)[nH]c(COc2ccccc2)n1. The Bertz CT molecular complexity index is 638. The van der Waals surface area contributed by atoms with E-state index < -0.39 is 0 Å². The van der Waals surface area contributed by atoms with Crippen LogP contribution in [0, 0.1) is 0 Å². The number of para-hydroxylation sites is 1. The summed E-state index contributed by atoms with van der Waals surface area (Å²) in [6, 6.07) is 10.6. The van der Waals surface area contributed by atoms with Gasteiger partial charge in [0.1, 0.15) is 18.2 Å². The molecule has 2 N–H and O–H groups in total. The molecule has 1 aromatic heterocycles. The molecule has 2 rings (SSSR count). The van der Waals surface area contributed by atoms with Gasteiger partial charge in [-0.05, 0) is 12.1 Å². The number of ether oxygens (including phenoxy) is 1. The van der Waals surface area contributed by atoms with E-state index in [2.05, 4.69) is 15.3 Å². The summed E-state index contributed by atoms with van der Waals surface area (Å²) < 4.78 is 5.51. The third-order valence-corrected chi connectivity index (χ3v) is 2.48. The van der Waals surface area contributed by atoms with Gasteiger partial charge in [-0.25, -0.2) is 4.98 Å². The highest BCUT2D eigenvalue weighted by molar-refractivity contribution is 5.72. The quantitative estimate of drug-likeness (QED) is 0.850. The molecule has 1 amide bonds. The molecule has 0 fully saturated rings. The zero-order valence-electron chi connectivity index (χ0n) is 11.1. The van der Waals surface area contributed by atoms with E-state index in [0.717, 1.165) is 0 Å². The fourth-order valence-corrected chi connectivity index (χ4v) is 1.61. The van der Waals surface area contributed by atoms with Crippen LogP contribution in [0.15, 0.2) is 41.2 Å². The molecule has 2 aromatic rings. The molecule has 0 aliphatic heterocycles. The van der Waals surface area contributed by atoms with Crippen LogP contribution >= 0.6 is 0 Å². The normalized spacial score (nSPS) is 10.1. The number of aromatic nitrogens is 2. The number of nitrogens with one attached hydrogen (secondary N) is 2. The second kappa shape index (κ2) is 6.51. The summed E-state index contributed by atoms with van der Waals surface area (Å²) in [5, 5.41) is 2.60. The number of hydrogen-bond acceptors (Lipinski definition) is 4. The highest BCUT2D eigenvalue weighted by Gasteiger charge is 2.03. The summed E-state index contributed by atoms with van der Waals surface area (Å²) >= 11 is 0. The molecule has 0 aliphatic carbocycles. The van der Waals surface area contributed by atoms with E-state index in [-0.39, 0.29) is 24.6 Å². The van der Waals surface area contributed by atoms with E-state index in [1.54, 1.807) is 0 Å². The Hall–Kier alpha value is -2.63. The number of aromatic amines is 1. The van der Waals surface area contributed by atoms with Gasteiger partial charge in [0.05, 0.1) is 12.2 Å². The van der Waals surface area contributed by atoms with E-state index in [1.807, 2.05) is 30.3 Å². The second-order valence-corrected chi connectivity index (χ2v) is 4.19. The van der Waals surface area contributed by atoms with Gasteiger partial charge in [0, 0.05) is 13.0 Å². The van der Waals surface area contributed by atoms with Crippen LogP contribution in [0.2, 0.25) is 0 Å². The lowest BCUT2D eigenvalue weighted by Crippen LogP contribution is -2.22. The van der Waals surface area contributed by atoms with Crippen molar-refractivity contribution in [2.45, 2.75) is 20.1 Å². The highest BCUT2D eigenvalue weighted by atomic mass is 16.5. The summed E-state index contributed by atoms with van der Waals surface area (Å²) in [6.45, 7) is 1.79. The first-order valence-electron chi connectivity index (χ1n) is 6.15. The number of rotatable bonds is 5. The smallest absolute Gasteiger partial charge is 0.251 e. The Kier molecular flexibility index (Phi) is 4.49. The highest BCUT2D eigenvalue weighted by Crippen LogP contribution is 2.09. The van der Waals surface area contributed by atoms with Crippen molar-refractivity contribution in [3.8, 4) is 5.75 Å². The summed E-state index contributed by atoms with van der Waals surface area (Å²) in [6.07, 6.45) is 0. The molecule has 0 saturated carbocycles. The molecule has 0 saturated heterocycles. The third-order valence-electron chi connectivity index (χ3n) is 2.48. The largest absolute Gasteiger partial charge is 0.486 e. The first-order chi connectivity index (χ1) is 9.63. The zero-order chi connectivity index (χ0) is 14.4. The Labute approximate surface area is 115 Å². The average Bonchev–Trinajstić information content (AvgIpc) is 2.44. The molecule has 104 valence electrons. The maximum absolute atomic E-state index is 11.5. The summed E-state index contributed by atoms with van der Waals surface area (Å²) in [5.41, 5.74) is 0.225. The van der Waals surface area contributed by atoms with Crippen LogP contribution in [0.1, 0.15) is 18.4 Å². The van der Waals surface area contributed by atoms with Crippen LogP contribution in [0.3, 0.4) is 0 Å². The predicted octanol–water partition coefficient (Wildman–Crippen LogP) is 0.985. The fraction of sp³-hybridized carbons (Fsp3) is 0.214. The summed E-state index contributed by atoms with van der Waals surface area (Å²) in [4.78, 5) is 29.2. The predicted molar refractivity (Wildman–Crippen MR) is 73.2 cm³/mol. The Morgan fingerprint density at radius 2 is 2.10 bits per heavy atom. The topological polar surface area (TPSA) is 84.1 Å². The number of amides is 1. The van der Waals surface area contributed by atoms with Crippen LogP contribution in [-0.4, -0.2) is 15.9 Å². The monoisotopic (exact) mass is 273 g/mol. The van der Waals surface area contributed by atoms with Gasteiger partial charge in [-0.2, -0.15) is 0 Å². The molecule has 0 aliphatic rings. The van der Waals surface area contributed by atoms with Crippen molar-refractivity contribution >= 4 is 5.91 Å². The molecular formula is C14H15N3O3. The maximum Gasteiger partial charge on any atom is 0.251 e. The third kappa shape index (κ3) is 4.24. The molecule has 0 unspecified atom stereocenters. The van der Waals surface area contributed by atoms with Gasteiger partial charge in [0.25, 0.3) is 5.56 Å². The van der Waals surface area contributed by atoms with Gasteiger partial charge in [0.15, 0.2) is 0 Å². The van der Waals surface area contributed by atoms with Crippen molar-refractivity contribution in [3.05, 3.63) is 58.3 Å². The first-order valence-corrected chi connectivity index (χ1v) is 6.15. The van der Waals surface area contributed by atoms with Gasteiger partial charge >= 0.3 is 0 Å². The molecule has 0 spiro atoms. The van der Waals surface area contributed by atoms with E-state index in [9.17, 15) is 9.59 Å². The van der Waals surface area contributed by atoms with Gasteiger partial charge in [-0.1, -0.05) is 18.2 Å². The lowest BCUT2D eigenvalue weighted by Gasteiger charge is -2.07. The molecule has 1 heterocycles. The number of H-pyrrole nitrogens is 1. The van der Waals surface area contributed by atoms with Crippen LogP contribution in [-0.2, 0) is 17.9 Å². The molecule has 0 radical (unpaired) electrons. The first kappa shape index (κ1) is 13.8. The molecule has 20 heavy (non-hydrogen) atoms. The number of hydrogen-bond donors (Lipinski definition) is 2. The van der Waals surface area contributed by atoms with E-state index >= 15 is 0 Å². The van der Waals surface area contributed by atoms with E-state index in [4.69, 9.17) is 4.74 Å². The number of nitrogens with zero attached hydrogens (tertiary/aromatic N) is 1. The Balaban J connectivity index is 2.04. The minimum absolute atomic E-state index is 0.160. The number of carbonyl (C=O) groups excluding carboxylic acids is 1. The molecule has 0 bridgehead atoms.